The van der Waals surface area contributed by atoms with E-state index in [9.17, 15) is 4.79 Å². The zero-order valence-corrected chi connectivity index (χ0v) is 18.1. The lowest BCUT2D eigenvalue weighted by atomic mass is 10.0. The Bertz CT molecular complexity index is 1270. The van der Waals surface area contributed by atoms with Crippen LogP contribution in [0.25, 0.3) is 10.9 Å². The van der Waals surface area contributed by atoms with Crippen molar-refractivity contribution < 1.29 is 4.79 Å². The number of amides is 1. The fraction of sp³-hybridized carbons (Fsp3) is 0.261. The molecule has 3 aromatic heterocycles. The van der Waals surface area contributed by atoms with Gasteiger partial charge >= 0.3 is 0 Å². The van der Waals surface area contributed by atoms with Crippen molar-refractivity contribution in [3.8, 4) is 0 Å². The van der Waals surface area contributed by atoms with Gasteiger partial charge in [0.25, 0.3) is 5.91 Å². The number of hydrogen-bond donors (Lipinski definition) is 3. The zero-order chi connectivity index (χ0) is 21.5. The molecule has 1 saturated heterocycles. The molecule has 1 amide bonds. The maximum Gasteiger partial charge on any atom is 0.263 e. The average molecular weight is 433 g/mol. The maximum absolute atomic E-state index is 12.7. The molecule has 4 N–H and O–H groups in total. The first-order chi connectivity index (χ1) is 15.0. The molecular weight excluding hydrogens is 408 g/mol. The summed E-state index contributed by atoms with van der Waals surface area (Å²) >= 11 is 1.54. The SMILES string of the molecule is Cc1ccc(C(=O)N2CCC(n3cnc(C(=N)c4cccc5[nH]ccc45)c3N)CC2)s1. The van der Waals surface area contributed by atoms with E-state index in [1.807, 2.05) is 59.0 Å². The number of likely N-dealkylation sites (tertiary alicyclic amines) is 1. The van der Waals surface area contributed by atoms with Crippen molar-refractivity contribution in [2.24, 2.45) is 0 Å². The highest BCUT2D eigenvalue weighted by atomic mass is 32.1. The van der Waals surface area contributed by atoms with Gasteiger partial charge in [0.2, 0.25) is 0 Å². The number of nitrogens with zero attached hydrogens (tertiary/aromatic N) is 3. The van der Waals surface area contributed by atoms with Crippen LogP contribution < -0.4 is 5.73 Å². The Kier molecular flexibility index (Phi) is 4.86. The number of carbonyl (C=O) groups excluding carboxylic acids is 1. The predicted octanol–water partition coefficient (Wildman–Crippen LogP) is 4.21. The van der Waals surface area contributed by atoms with Gasteiger partial charge in [0.05, 0.1) is 16.9 Å². The van der Waals surface area contributed by atoms with Crippen LogP contribution >= 0.6 is 11.3 Å². The van der Waals surface area contributed by atoms with E-state index in [1.54, 1.807) is 17.7 Å². The standard InChI is InChI=1S/C23H24N6OS/c1-14-5-6-19(31-14)23(30)28-11-8-15(9-12-28)29-13-27-21(22(29)25)20(24)17-3-2-4-18-16(17)7-10-26-18/h2-7,10,13,15,24,26H,8-9,11-12,25H2,1H3. The van der Waals surface area contributed by atoms with Crippen LogP contribution in [0.1, 0.15) is 44.7 Å². The Labute approximate surface area is 184 Å². The zero-order valence-electron chi connectivity index (χ0n) is 17.3. The van der Waals surface area contributed by atoms with Gasteiger partial charge in [0.1, 0.15) is 11.5 Å². The fourth-order valence-electron chi connectivity index (χ4n) is 4.34. The molecule has 0 bridgehead atoms. The number of rotatable bonds is 4. The van der Waals surface area contributed by atoms with Gasteiger partial charge in [0, 0.05) is 46.7 Å². The number of anilines is 1. The number of carbonyl (C=O) groups is 1. The summed E-state index contributed by atoms with van der Waals surface area (Å²) in [6, 6.07) is 11.9. The molecule has 0 aliphatic carbocycles. The fourth-order valence-corrected chi connectivity index (χ4v) is 5.17. The first-order valence-electron chi connectivity index (χ1n) is 10.4. The second kappa shape index (κ2) is 7.70. The number of aromatic amines is 1. The lowest BCUT2D eigenvalue weighted by Gasteiger charge is -2.32. The summed E-state index contributed by atoms with van der Waals surface area (Å²) in [6.07, 6.45) is 5.24. The van der Waals surface area contributed by atoms with Crippen molar-refractivity contribution >= 4 is 39.7 Å². The molecule has 0 atom stereocenters. The molecule has 1 aliphatic heterocycles. The highest BCUT2D eigenvalue weighted by molar-refractivity contribution is 7.13. The van der Waals surface area contributed by atoms with Crippen molar-refractivity contribution in [3.63, 3.8) is 0 Å². The van der Waals surface area contributed by atoms with E-state index in [-0.39, 0.29) is 11.9 Å². The number of hydrogen-bond acceptors (Lipinski definition) is 5. The average Bonchev–Trinajstić information content (AvgIpc) is 3.52. The highest BCUT2D eigenvalue weighted by Crippen LogP contribution is 2.30. The van der Waals surface area contributed by atoms with Crippen molar-refractivity contribution in [2.45, 2.75) is 25.8 Å². The molecule has 1 aliphatic rings. The van der Waals surface area contributed by atoms with E-state index in [1.165, 1.54) is 0 Å². The summed E-state index contributed by atoms with van der Waals surface area (Å²) in [5, 5.41) is 9.71. The number of fused-ring (bicyclic) bond motifs is 1. The Morgan fingerprint density at radius 1 is 1.23 bits per heavy atom. The smallest absolute Gasteiger partial charge is 0.263 e. The molecule has 31 heavy (non-hydrogen) atoms. The molecular formula is C23H24N6OS. The summed E-state index contributed by atoms with van der Waals surface area (Å²) in [6.45, 7) is 3.39. The van der Waals surface area contributed by atoms with E-state index in [0.29, 0.717) is 30.3 Å². The third-order valence-electron chi connectivity index (χ3n) is 6.03. The highest BCUT2D eigenvalue weighted by Gasteiger charge is 2.27. The Morgan fingerprint density at radius 3 is 2.77 bits per heavy atom. The summed E-state index contributed by atoms with van der Waals surface area (Å²) in [4.78, 5) is 24.3. The molecule has 4 heterocycles. The van der Waals surface area contributed by atoms with Crippen LogP contribution in [0.15, 0.2) is 48.9 Å². The Morgan fingerprint density at radius 2 is 2.03 bits per heavy atom. The molecule has 4 aromatic rings. The van der Waals surface area contributed by atoms with Crippen LogP contribution in [0.4, 0.5) is 5.82 Å². The van der Waals surface area contributed by atoms with Gasteiger partial charge in [-0.1, -0.05) is 12.1 Å². The van der Waals surface area contributed by atoms with Crippen molar-refractivity contribution in [2.75, 3.05) is 18.8 Å². The minimum Gasteiger partial charge on any atom is -0.383 e. The van der Waals surface area contributed by atoms with Crippen LogP contribution in [-0.2, 0) is 0 Å². The second-order valence-electron chi connectivity index (χ2n) is 7.94. The Hall–Kier alpha value is -3.39. The van der Waals surface area contributed by atoms with Crippen molar-refractivity contribution in [1.29, 1.82) is 5.41 Å². The van der Waals surface area contributed by atoms with E-state index < -0.39 is 0 Å². The number of aromatic nitrogens is 3. The van der Waals surface area contributed by atoms with Gasteiger partial charge < -0.3 is 20.2 Å². The van der Waals surface area contributed by atoms with Gasteiger partial charge in [-0.3, -0.25) is 10.2 Å². The molecule has 5 rings (SSSR count). The van der Waals surface area contributed by atoms with Crippen molar-refractivity contribution in [1.82, 2.24) is 19.4 Å². The minimum absolute atomic E-state index is 0.109. The Balaban J connectivity index is 1.32. The van der Waals surface area contributed by atoms with Crippen molar-refractivity contribution in [3.05, 3.63) is 69.9 Å². The van der Waals surface area contributed by atoms with Crippen LogP contribution in [0, 0.1) is 12.3 Å². The molecule has 8 heteroatoms. The third-order valence-corrected chi connectivity index (χ3v) is 7.02. The molecule has 158 valence electrons. The topological polar surface area (TPSA) is 104 Å². The van der Waals surface area contributed by atoms with Gasteiger partial charge in [-0.15, -0.1) is 11.3 Å². The number of nitrogens with one attached hydrogen (secondary N) is 2. The molecule has 0 spiro atoms. The number of thiophene rings is 1. The number of nitrogen functional groups attached to an aromatic ring is 1. The summed E-state index contributed by atoms with van der Waals surface area (Å²) in [5.41, 5.74) is 9.07. The summed E-state index contributed by atoms with van der Waals surface area (Å²) < 4.78 is 1.97. The number of imidazole rings is 1. The summed E-state index contributed by atoms with van der Waals surface area (Å²) in [5.74, 6) is 0.619. The van der Waals surface area contributed by atoms with Gasteiger partial charge in [-0.25, -0.2) is 4.98 Å². The third kappa shape index (κ3) is 3.42. The molecule has 0 saturated carbocycles. The van der Waals surface area contributed by atoms with E-state index in [2.05, 4.69) is 9.97 Å². The van der Waals surface area contributed by atoms with Gasteiger partial charge in [-0.05, 0) is 44.0 Å². The second-order valence-corrected chi connectivity index (χ2v) is 9.23. The molecule has 0 radical (unpaired) electrons. The van der Waals surface area contributed by atoms with Gasteiger partial charge in [0.15, 0.2) is 0 Å². The normalized spacial score (nSPS) is 14.9. The van der Waals surface area contributed by atoms with Crippen LogP contribution in [0.3, 0.4) is 0 Å². The predicted molar refractivity (Wildman–Crippen MR) is 124 cm³/mol. The molecule has 0 unspecified atom stereocenters. The number of aryl methyl sites for hydroxylation is 1. The first-order valence-corrected chi connectivity index (χ1v) is 11.2. The van der Waals surface area contributed by atoms with Gasteiger partial charge in [-0.2, -0.15) is 0 Å². The lowest BCUT2D eigenvalue weighted by Crippen LogP contribution is -2.38. The molecule has 7 nitrogen and oxygen atoms in total. The minimum atomic E-state index is 0.109. The van der Waals surface area contributed by atoms with E-state index in [0.717, 1.165) is 39.1 Å². The quantitative estimate of drug-likeness (QED) is 0.421. The monoisotopic (exact) mass is 432 g/mol. The molecule has 1 fully saturated rings. The van der Waals surface area contributed by atoms with E-state index >= 15 is 0 Å². The van der Waals surface area contributed by atoms with Crippen LogP contribution in [0.2, 0.25) is 0 Å². The number of benzene rings is 1. The number of nitrogens with two attached hydrogens (primary N) is 1. The largest absolute Gasteiger partial charge is 0.383 e. The molecule has 1 aromatic carbocycles. The maximum atomic E-state index is 12.7. The summed E-state index contributed by atoms with van der Waals surface area (Å²) in [7, 11) is 0. The lowest BCUT2D eigenvalue weighted by molar-refractivity contribution is 0.0700. The first kappa shape index (κ1) is 19.6. The number of piperidine rings is 1. The van der Waals surface area contributed by atoms with E-state index in [4.69, 9.17) is 11.1 Å². The number of H-pyrrole nitrogens is 1. The van der Waals surface area contributed by atoms with Crippen LogP contribution in [-0.4, -0.2) is 44.1 Å². The van der Waals surface area contributed by atoms with Crippen LogP contribution in [0.5, 0.6) is 0 Å².